The van der Waals surface area contributed by atoms with Crippen LogP contribution in [0, 0.1) is 0 Å². The quantitative estimate of drug-likeness (QED) is 0.528. The summed E-state index contributed by atoms with van der Waals surface area (Å²) in [5, 5.41) is 19.9. The number of hydrogen-bond donors (Lipinski definition) is 2. The van der Waals surface area contributed by atoms with Gasteiger partial charge >= 0.3 is 5.97 Å². The number of fused-ring (bicyclic) bond motifs is 1. The standard InChI is InChI=1S/C19H16N6O3/c26-18(27)11-24-10-15(8-22-24)13-3-1-4-14(7-13)19(28)20-9-16-5-2-6-17-21-12-23-25(16)17/h1-8,10,12H,9,11H2,(H,20,28)(H,26,27). The summed E-state index contributed by atoms with van der Waals surface area (Å²) < 4.78 is 3.01. The van der Waals surface area contributed by atoms with Crippen LogP contribution in [0.4, 0.5) is 0 Å². The Balaban J connectivity index is 1.49. The first kappa shape index (κ1) is 17.4. The lowest BCUT2D eigenvalue weighted by molar-refractivity contribution is -0.137. The third-order valence-electron chi connectivity index (χ3n) is 4.20. The summed E-state index contributed by atoms with van der Waals surface area (Å²) in [6.45, 7) is 0.0916. The van der Waals surface area contributed by atoms with Crippen molar-refractivity contribution >= 4 is 17.5 Å². The van der Waals surface area contributed by atoms with Crippen LogP contribution >= 0.6 is 0 Å². The molecule has 0 aliphatic carbocycles. The van der Waals surface area contributed by atoms with Gasteiger partial charge in [0.1, 0.15) is 12.9 Å². The minimum atomic E-state index is -0.967. The zero-order chi connectivity index (χ0) is 19.5. The molecule has 1 amide bonds. The second kappa shape index (κ2) is 7.31. The van der Waals surface area contributed by atoms with Crippen molar-refractivity contribution in [1.29, 1.82) is 0 Å². The highest BCUT2D eigenvalue weighted by Crippen LogP contribution is 2.20. The topological polar surface area (TPSA) is 114 Å². The van der Waals surface area contributed by atoms with Crippen LogP contribution in [0.15, 0.2) is 61.2 Å². The summed E-state index contributed by atoms with van der Waals surface area (Å²) in [4.78, 5) is 27.5. The average molecular weight is 376 g/mol. The van der Waals surface area contributed by atoms with Gasteiger partial charge < -0.3 is 10.4 Å². The number of carbonyl (C=O) groups excluding carboxylic acids is 1. The minimum absolute atomic E-state index is 0.214. The van der Waals surface area contributed by atoms with Gasteiger partial charge in [0.2, 0.25) is 0 Å². The maximum absolute atomic E-state index is 12.6. The number of aliphatic carboxylic acids is 1. The Morgan fingerprint density at radius 3 is 2.79 bits per heavy atom. The summed E-state index contributed by atoms with van der Waals surface area (Å²) in [5.74, 6) is -1.19. The Kier molecular flexibility index (Phi) is 4.55. The predicted octanol–water partition coefficient (Wildman–Crippen LogP) is 1.61. The van der Waals surface area contributed by atoms with Gasteiger partial charge in [-0.15, -0.1) is 0 Å². The van der Waals surface area contributed by atoms with Gasteiger partial charge in [-0.1, -0.05) is 18.2 Å². The number of pyridine rings is 1. The lowest BCUT2D eigenvalue weighted by Crippen LogP contribution is -2.24. The van der Waals surface area contributed by atoms with E-state index in [1.807, 2.05) is 24.3 Å². The lowest BCUT2D eigenvalue weighted by atomic mass is 10.1. The van der Waals surface area contributed by atoms with Crippen molar-refractivity contribution in [1.82, 2.24) is 29.7 Å². The summed E-state index contributed by atoms with van der Waals surface area (Å²) in [5.41, 5.74) is 3.54. The van der Waals surface area contributed by atoms with Crippen LogP contribution in [0.3, 0.4) is 0 Å². The molecule has 2 N–H and O–H groups in total. The molecule has 0 saturated carbocycles. The largest absolute Gasteiger partial charge is 0.480 e. The lowest BCUT2D eigenvalue weighted by Gasteiger charge is -2.08. The Labute approximate surface area is 159 Å². The molecular weight excluding hydrogens is 360 g/mol. The Hall–Kier alpha value is -4.01. The summed E-state index contributed by atoms with van der Waals surface area (Å²) in [7, 11) is 0. The van der Waals surface area contributed by atoms with Crippen molar-refractivity contribution in [3.8, 4) is 11.1 Å². The van der Waals surface area contributed by atoms with E-state index in [1.54, 1.807) is 35.1 Å². The highest BCUT2D eigenvalue weighted by Gasteiger charge is 2.10. The van der Waals surface area contributed by atoms with Gasteiger partial charge in [0.15, 0.2) is 5.65 Å². The monoisotopic (exact) mass is 376 g/mol. The van der Waals surface area contributed by atoms with Gasteiger partial charge in [0.25, 0.3) is 5.91 Å². The Bertz CT molecular complexity index is 1160. The van der Waals surface area contributed by atoms with Gasteiger partial charge in [-0.25, -0.2) is 9.50 Å². The number of hydrogen-bond acceptors (Lipinski definition) is 5. The van der Waals surface area contributed by atoms with Crippen LogP contribution in [0.25, 0.3) is 16.8 Å². The summed E-state index contributed by atoms with van der Waals surface area (Å²) >= 11 is 0. The molecule has 0 saturated heterocycles. The molecule has 0 unspecified atom stereocenters. The van der Waals surface area contributed by atoms with E-state index >= 15 is 0 Å². The highest BCUT2D eigenvalue weighted by atomic mass is 16.4. The Morgan fingerprint density at radius 2 is 1.93 bits per heavy atom. The zero-order valence-corrected chi connectivity index (χ0v) is 14.7. The number of rotatable bonds is 6. The van der Waals surface area contributed by atoms with Gasteiger partial charge in [-0.3, -0.25) is 14.3 Å². The fraction of sp³-hybridized carbons (Fsp3) is 0.105. The highest BCUT2D eigenvalue weighted by molar-refractivity contribution is 5.95. The molecule has 4 aromatic rings. The normalized spacial score (nSPS) is 10.9. The van der Waals surface area contributed by atoms with Crippen LogP contribution in [-0.4, -0.2) is 41.4 Å². The Morgan fingerprint density at radius 1 is 1.07 bits per heavy atom. The maximum Gasteiger partial charge on any atom is 0.325 e. The van der Waals surface area contributed by atoms with Crippen molar-refractivity contribution in [3.63, 3.8) is 0 Å². The molecule has 0 bridgehead atoms. The molecular formula is C19H16N6O3. The smallest absolute Gasteiger partial charge is 0.325 e. The van der Waals surface area contributed by atoms with E-state index in [2.05, 4.69) is 20.5 Å². The van der Waals surface area contributed by atoms with E-state index in [9.17, 15) is 9.59 Å². The predicted molar refractivity (Wildman–Crippen MR) is 99.5 cm³/mol. The zero-order valence-electron chi connectivity index (χ0n) is 14.7. The molecule has 140 valence electrons. The van der Waals surface area contributed by atoms with Crippen LogP contribution < -0.4 is 5.32 Å². The van der Waals surface area contributed by atoms with E-state index < -0.39 is 5.97 Å². The third kappa shape index (κ3) is 3.58. The molecule has 3 heterocycles. The van der Waals surface area contributed by atoms with Crippen molar-refractivity contribution in [2.24, 2.45) is 0 Å². The van der Waals surface area contributed by atoms with E-state index in [1.165, 1.54) is 11.0 Å². The number of nitrogens with zero attached hydrogens (tertiary/aromatic N) is 5. The van der Waals surface area contributed by atoms with Crippen LogP contribution in [0.5, 0.6) is 0 Å². The van der Waals surface area contributed by atoms with Gasteiger partial charge in [-0.2, -0.15) is 10.2 Å². The van der Waals surface area contributed by atoms with E-state index in [-0.39, 0.29) is 12.5 Å². The molecule has 1 aromatic carbocycles. The van der Waals surface area contributed by atoms with Crippen molar-refractivity contribution in [3.05, 3.63) is 72.4 Å². The molecule has 0 aliphatic rings. The van der Waals surface area contributed by atoms with Gasteiger partial charge in [-0.05, 0) is 29.8 Å². The SMILES string of the molecule is O=C(O)Cn1cc(-c2cccc(C(=O)NCc3cccc4ncnn34)c2)cn1. The van der Waals surface area contributed by atoms with Crippen LogP contribution in [0.1, 0.15) is 16.1 Å². The summed E-state index contributed by atoms with van der Waals surface area (Å²) in [6, 6.07) is 12.7. The molecule has 28 heavy (non-hydrogen) atoms. The molecule has 0 fully saturated rings. The van der Waals surface area contributed by atoms with Crippen molar-refractivity contribution in [2.75, 3.05) is 0 Å². The van der Waals surface area contributed by atoms with Crippen molar-refractivity contribution < 1.29 is 14.7 Å². The molecule has 3 aromatic heterocycles. The molecule has 9 nitrogen and oxygen atoms in total. The second-order valence-electron chi connectivity index (χ2n) is 6.13. The first-order valence-electron chi connectivity index (χ1n) is 8.51. The molecule has 0 aliphatic heterocycles. The van der Waals surface area contributed by atoms with Crippen LogP contribution in [0.2, 0.25) is 0 Å². The third-order valence-corrected chi connectivity index (χ3v) is 4.20. The van der Waals surface area contributed by atoms with E-state index in [0.717, 1.165) is 16.8 Å². The number of aromatic nitrogens is 5. The fourth-order valence-electron chi connectivity index (χ4n) is 2.89. The van der Waals surface area contributed by atoms with E-state index in [4.69, 9.17) is 5.11 Å². The number of amides is 1. The average Bonchev–Trinajstić information content (AvgIpc) is 3.35. The van der Waals surface area contributed by atoms with Crippen LogP contribution in [-0.2, 0) is 17.9 Å². The van der Waals surface area contributed by atoms with Gasteiger partial charge in [0.05, 0.1) is 18.4 Å². The number of carboxylic acid groups (broad SMARTS) is 1. The molecule has 9 heteroatoms. The first-order chi connectivity index (χ1) is 13.6. The molecule has 0 atom stereocenters. The maximum atomic E-state index is 12.6. The van der Waals surface area contributed by atoms with E-state index in [0.29, 0.717) is 17.8 Å². The fourth-order valence-corrected chi connectivity index (χ4v) is 2.89. The number of carbonyl (C=O) groups is 2. The van der Waals surface area contributed by atoms with Crippen molar-refractivity contribution in [2.45, 2.75) is 13.1 Å². The first-order valence-corrected chi connectivity index (χ1v) is 8.51. The molecule has 4 rings (SSSR count). The van der Waals surface area contributed by atoms with Gasteiger partial charge in [0, 0.05) is 17.3 Å². The number of carboxylic acids is 1. The number of nitrogens with one attached hydrogen (secondary N) is 1. The molecule has 0 radical (unpaired) electrons. The minimum Gasteiger partial charge on any atom is -0.480 e. The second-order valence-corrected chi connectivity index (χ2v) is 6.13. The summed E-state index contributed by atoms with van der Waals surface area (Å²) in [6.07, 6.45) is 4.68. The number of benzene rings is 1. The molecule has 0 spiro atoms.